The SMILES string of the molecule is CC=C(CCCCCCCCC)OOOOOc1ccccc1. The maximum atomic E-state index is 5.01. The molecule has 130 valence electrons. The van der Waals surface area contributed by atoms with Gasteiger partial charge in [-0.2, -0.15) is 0 Å². The van der Waals surface area contributed by atoms with Crippen molar-refractivity contribution in [2.24, 2.45) is 0 Å². The van der Waals surface area contributed by atoms with Gasteiger partial charge in [0.2, 0.25) is 0 Å². The van der Waals surface area contributed by atoms with Crippen molar-refractivity contribution in [3.63, 3.8) is 0 Å². The van der Waals surface area contributed by atoms with Gasteiger partial charge in [-0.15, -0.1) is 0 Å². The first kappa shape index (κ1) is 19.5. The number of hydrogen-bond donors (Lipinski definition) is 0. The summed E-state index contributed by atoms with van der Waals surface area (Å²) in [5.74, 6) is 1.22. The van der Waals surface area contributed by atoms with Crippen LogP contribution >= 0.6 is 0 Å². The van der Waals surface area contributed by atoms with Crippen LogP contribution in [-0.4, -0.2) is 0 Å². The van der Waals surface area contributed by atoms with Crippen molar-refractivity contribution < 1.29 is 24.9 Å². The van der Waals surface area contributed by atoms with Gasteiger partial charge in [0.1, 0.15) is 5.76 Å². The molecule has 0 aliphatic carbocycles. The summed E-state index contributed by atoms with van der Waals surface area (Å²) in [5, 5.41) is 13.3. The summed E-state index contributed by atoms with van der Waals surface area (Å²) >= 11 is 0. The molecule has 0 saturated carbocycles. The van der Waals surface area contributed by atoms with Crippen molar-refractivity contribution in [2.75, 3.05) is 0 Å². The molecule has 0 bridgehead atoms. The molecule has 0 aromatic heterocycles. The molecule has 5 heteroatoms. The lowest BCUT2D eigenvalue weighted by Gasteiger charge is -2.06. The normalized spacial score (nSPS) is 11.5. The number of rotatable bonds is 14. The Bertz CT molecular complexity index is 405. The van der Waals surface area contributed by atoms with Gasteiger partial charge in [-0.3, -0.25) is 0 Å². The molecule has 0 fully saturated rings. The third-order valence-electron chi connectivity index (χ3n) is 3.42. The quantitative estimate of drug-likeness (QED) is 0.186. The van der Waals surface area contributed by atoms with Crippen LogP contribution in [0.15, 0.2) is 42.2 Å². The van der Waals surface area contributed by atoms with Crippen LogP contribution in [0.2, 0.25) is 0 Å². The molecule has 23 heavy (non-hydrogen) atoms. The molecule has 0 radical (unpaired) electrons. The number of hydrogen-bond acceptors (Lipinski definition) is 5. The second-order valence-electron chi connectivity index (χ2n) is 5.31. The summed E-state index contributed by atoms with van der Waals surface area (Å²) in [7, 11) is 0. The molecule has 5 nitrogen and oxygen atoms in total. The molecule has 1 aromatic rings. The highest BCUT2D eigenvalue weighted by Crippen LogP contribution is 2.14. The van der Waals surface area contributed by atoms with Crippen molar-refractivity contribution in [3.8, 4) is 5.75 Å². The number of allylic oxidation sites excluding steroid dienone is 2. The minimum atomic E-state index is 0.505. The Morgan fingerprint density at radius 3 is 2.26 bits per heavy atom. The first-order chi connectivity index (χ1) is 11.4. The van der Waals surface area contributed by atoms with E-state index in [4.69, 9.17) is 9.78 Å². The van der Waals surface area contributed by atoms with Crippen molar-refractivity contribution >= 4 is 0 Å². The van der Waals surface area contributed by atoms with Crippen LogP contribution in [0.3, 0.4) is 0 Å². The van der Waals surface area contributed by atoms with E-state index in [2.05, 4.69) is 22.0 Å². The molecular formula is C18H28O5. The molecule has 0 heterocycles. The predicted molar refractivity (Wildman–Crippen MR) is 87.8 cm³/mol. The molecular weight excluding hydrogens is 296 g/mol. The van der Waals surface area contributed by atoms with E-state index in [0.29, 0.717) is 11.5 Å². The lowest BCUT2D eigenvalue weighted by molar-refractivity contribution is -0.685. The lowest BCUT2D eigenvalue weighted by atomic mass is 10.1. The summed E-state index contributed by atoms with van der Waals surface area (Å²) < 4.78 is 0. The van der Waals surface area contributed by atoms with E-state index in [-0.39, 0.29) is 0 Å². The Balaban J connectivity index is 1.97. The van der Waals surface area contributed by atoms with Crippen LogP contribution in [0, 0.1) is 0 Å². The Kier molecular flexibility index (Phi) is 11.9. The largest absolute Gasteiger partial charge is 0.311 e. The van der Waals surface area contributed by atoms with E-state index >= 15 is 0 Å². The minimum Gasteiger partial charge on any atom is -0.311 e. The fourth-order valence-corrected chi connectivity index (χ4v) is 2.09. The minimum absolute atomic E-state index is 0.505. The monoisotopic (exact) mass is 324 g/mol. The molecule has 1 rings (SSSR count). The zero-order chi connectivity index (χ0) is 16.6. The Hall–Kier alpha value is -1.56. The van der Waals surface area contributed by atoms with E-state index in [0.717, 1.165) is 12.8 Å². The summed E-state index contributed by atoms with van der Waals surface area (Å²) in [5.41, 5.74) is 0. The molecule has 0 N–H and O–H groups in total. The fraction of sp³-hybridized carbons (Fsp3) is 0.556. The van der Waals surface area contributed by atoms with Crippen LogP contribution in [0.1, 0.15) is 65.2 Å². The standard InChI is InChI=1S/C18H28O5/c1-3-5-6-7-8-9-11-14-17(4-2)19-21-23-22-20-18-15-12-10-13-16-18/h4,10,12-13,15-16H,3,5-9,11,14H2,1-2H3. The summed E-state index contributed by atoms with van der Waals surface area (Å²) in [6.07, 6.45) is 11.4. The summed E-state index contributed by atoms with van der Waals surface area (Å²) in [6.45, 7) is 4.12. The number of unbranched alkanes of at least 4 members (excludes halogenated alkanes) is 6. The van der Waals surface area contributed by atoms with Gasteiger partial charge in [0.25, 0.3) is 0 Å². The Morgan fingerprint density at radius 2 is 1.57 bits per heavy atom. The first-order valence-electron chi connectivity index (χ1n) is 8.41. The van der Waals surface area contributed by atoms with E-state index in [1.807, 2.05) is 31.2 Å². The molecule has 1 aromatic carbocycles. The smallest absolute Gasteiger partial charge is 0.168 e. The van der Waals surface area contributed by atoms with Crippen LogP contribution in [0.5, 0.6) is 5.75 Å². The molecule has 0 atom stereocenters. The number of benzene rings is 1. The van der Waals surface area contributed by atoms with E-state index < -0.39 is 0 Å². The molecule has 0 amide bonds. The van der Waals surface area contributed by atoms with Gasteiger partial charge in [-0.05, 0) is 31.6 Å². The predicted octanol–water partition coefficient (Wildman–Crippen LogP) is 5.84. The summed E-state index contributed by atoms with van der Waals surface area (Å²) in [4.78, 5) is 9.83. The van der Waals surface area contributed by atoms with Crippen LogP contribution in [0.25, 0.3) is 0 Å². The van der Waals surface area contributed by atoms with E-state index in [1.54, 1.807) is 12.1 Å². The highest BCUT2D eigenvalue weighted by molar-refractivity contribution is 5.19. The zero-order valence-corrected chi connectivity index (χ0v) is 14.2. The van der Waals surface area contributed by atoms with Crippen molar-refractivity contribution in [1.82, 2.24) is 0 Å². The average molecular weight is 324 g/mol. The number of para-hydroxylation sites is 1. The third-order valence-corrected chi connectivity index (χ3v) is 3.42. The second-order valence-corrected chi connectivity index (χ2v) is 5.31. The maximum absolute atomic E-state index is 5.01. The highest BCUT2D eigenvalue weighted by atomic mass is 17.8. The van der Waals surface area contributed by atoms with Crippen LogP contribution in [0.4, 0.5) is 0 Å². The van der Waals surface area contributed by atoms with Crippen LogP contribution < -0.4 is 4.89 Å². The van der Waals surface area contributed by atoms with Gasteiger partial charge < -0.3 is 9.78 Å². The van der Waals surface area contributed by atoms with Gasteiger partial charge >= 0.3 is 0 Å². The fourth-order valence-electron chi connectivity index (χ4n) is 2.09. The second kappa shape index (κ2) is 14.1. The van der Waals surface area contributed by atoms with Gasteiger partial charge in [0.05, 0.1) is 0 Å². The van der Waals surface area contributed by atoms with Crippen molar-refractivity contribution in [1.29, 1.82) is 0 Å². The summed E-state index contributed by atoms with van der Waals surface area (Å²) in [6, 6.07) is 8.95. The molecule has 0 aliphatic heterocycles. The maximum Gasteiger partial charge on any atom is 0.168 e. The molecule has 0 spiro atoms. The van der Waals surface area contributed by atoms with Crippen LogP contribution in [-0.2, 0) is 20.0 Å². The lowest BCUT2D eigenvalue weighted by Crippen LogP contribution is -2.02. The third kappa shape index (κ3) is 10.7. The topological polar surface area (TPSA) is 46.2 Å². The first-order valence-corrected chi connectivity index (χ1v) is 8.41. The van der Waals surface area contributed by atoms with Gasteiger partial charge in [0, 0.05) is 21.5 Å². The Labute approximate surface area is 138 Å². The van der Waals surface area contributed by atoms with Crippen molar-refractivity contribution in [3.05, 3.63) is 42.2 Å². The van der Waals surface area contributed by atoms with E-state index in [9.17, 15) is 0 Å². The van der Waals surface area contributed by atoms with Gasteiger partial charge in [0.15, 0.2) is 5.75 Å². The highest BCUT2D eigenvalue weighted by Gasteiger charge is 2.01. The Morgan fingerprint density at radius 1 is 0.870 bits per heavy atom. The van der Waals surface area contributed by atoms with Gasteiger partial charge in [-0.25, -0.2) is 0 Å². The molecule has 0 aliphatic rings. The molecule has 0 saturated heterocycles. The van der Waals surface area contributed by atoms with E-state index in [1.165, 1.54) is 38.5 Å². The van der Waals surface area contributed by atoms with Crippen molar-refractivity contribution in [2.45, 2.75) is 65.2 Å². The molecule has 0 unspecified atom stereocenters. The average Bonchev–Trinajstić information content (AvgIpc) is 2.59. The van der Waals surface area contributed by atoms with Gasteiger partial charge in [-0.1, -0.05) is 63.6 Å². The zero-order valence-electron chi connectivity index (χ0n) is 14.2.